The summed E-state index contributed by atoms with van der Waals surface area (Å²) in [7, 11) is 2.11. The highest BCUT2D eigenvalue weighted by atomic mass is 32.2. The molecule has 2 aromatic carbocycles. The van der Waals surface area contributed by atoms with Crippen LogP contribution in [0.2, 0.25) is 0 Å². The molecule has 1 heterocycles. The largest absolute Gasteiger partial charge is 0.301 e. The van der Waals surface area contributed by atoms with Crippen LogP contribution in [-0.4, -0.2) is 23.6 Å². The molecule has 0 N–H and O–H groups in total. The fraction of sp³-hybridized carbons (Fsp3) is 0.235. The number of benzene rings is 2. The summed E-state index contributed by atoms with van der Waals surface area (Å²) in [6, 6.07) is 18.4. The van der Waals surface area contributed by atoms with Crippen LogP contribution in [0, 0.1) is 0 Å². The number of carbonyl (C=O) groups is 1. The minimum Gasteiger partial charge on any atom is -0.301 e. The number of likely N-dealkylation sites (N-methyl/N-ethyl adjacent to an activating group) is 1. The monoisotopic (exact) mass is 283 g/mol. The molecule has 1 aliphatic rings. The molecule has 0 saturated heterocycles. The summed E-state index contributed by atoms with van der Waals surface area (Å²) in [5, 5.41) is 0.464. The minimum absolute atomic E-state index is 0.207. The molecule has 0 aliphatic carbocycles. The van der Waals surface area contributed by atoms with Crippen molar-refractivity contribution in [1.82, 2.24) is 4.90 Å². The molecule has 1 atom stereocenters. The van der Waals surface area contributed by atoms with Gasteiger partial charge in [-0.15, -0.1) is 0 Å². The SMILES string of the molecule is CN(Cc1ccccc1)CC1SC(=O)c2ccccc21. The molecule has 1 unspecified atom stereocenters. The Morgan fingerprint density at radius 1 is 1.05 bits per heavy atom. The number of hydrogen-bond acceptors (Lipinski definition) is 3. The van der Waals surface area contributed by atoms with Crippen LogP contribution < -0.4 is 0 Å². The number of nitrogens with zero attached hydrogens (tertiary/aromatic N) is 1. The molecule has 1 aliphatic heterocycles. The van der Waals surface area contributed by atoms with Crippen LogP contribution in [0.4, 0.5) is 0 Å². The molecular formula is C17H17NOS. The van der Waals surface area contributed by atoms with E-state index in [1.54, 1.807) is 0 Å². The maximum atomic E-state index is 12.0. The zero-order valence-corrected chi connectivity index (χ0v) is 12.3. The first-order chi connectivity index (χ1) is 9.74. The Bertz CT molecular complexity index is 611. The first kappa shape index (κ1) is 13.4. The van der Waals surface area contributed by atoms with Gasteiger partial charge in [0.05, 0.1) is 5.25 Å². The zero-order valence-electron chi connectivity index (χ0n) is 11.5. The standard InChI is InChI=1S/C17H17NOS/c1-18(11-13-7-3-2-4-8-13)12-16-14-9-5-6-10-15(14)17(19)20-16/h2-10,16H,11-12H2,1H3. The molecule has 0 bridgehead atoms. The second-order valence-corrected chi connectivity index (χ2v) is 6.34. The predicted octanol–water partition coefficient (Wildman–Crippen LogP) is 3.75. The van der Waals surface area contributed by atoms with Crippen molar-refractivity contribution in [2.75, 3.05) is 13.6 Å². The lowest BCUT2D eigenvalue weighted by Gasteiger charge is -2.20. The van der Waals surface area contributed by atoms with Crippen molar-refractivity contribution in [3.05, 3.63) is 71.3 Å². The molecule has 3 heteroatoms. The molecule has 2 aromatic rings. The lowest BCUT2D eigenvalue weighted by molar-refractivity contribution is 0.109. The summed E-state index contributed by atoms with van der Waals surface area (Å²) in [6.45, 7) is 1.80. The van der Waals surface area contributed by atoms with Gasteiger partial charge in [0.25, 0.3) is 0 Å². The van der Waals surface area contributed by atoms with Gasteiger partial charge >= 0.3 is 0 Å². The summed E-state index contributed by atoms with van der Waals surface area (Å²) >= 11 is 1.45. The van der Waals surface area contributed by atoms with E-state index in [-0.39, 0.29) is 10.4 Å². The third-order valence-corrected chi connectivity index (χ3v) is 4.67. The fourth-order valence-corrected chi connectivity index (χ4v) is 3.83. The first-order valence-corrected chi connectivity index (χ1v) is 7.64. The van der Waals surface area contributed by atoms with E-state index in [9.17, 15) is 4.79 Å². The molecule has 102 valence electrons. The van der Waals surface area contributed by atoms with Crippen LogP contribution in [0.1, 0.15) is 26.7 Å². The highest BCUT2D eigenvalue weighted by molar-refractivity contribution is 8.14. The maximum Gasteiger partial charge on any atom is 0.220 e. The summed E-state index contributed by atoms with van der Waals surface area (Å²) in [5.74, 6) is 0. The normalized spacial score (nSPS) is 17.5. The van der Waals surface area contributed by atoms with E-state index < -0.39 is 0 Å². The molecule has 3 rings (SSSR count). The van der Waals surface area contributed by atoms with Crippen LogP contribution >= 0.6 is 11.8 Å². The highest BCUT2D eigenvalue weighted by Gasteiger charge is 2.30. The lowest BCUT2D eigenvalue weighted by Crippen LogP contribution is -2.22. The predicted molar refractivity (Wildman–Crippen MR) is 83.9 cm³/mol. The Morgan fingerprint density at radius 3 is 2.55 bits per heavy atom. The third kappa shape index (κ3) is 2.79. The third-order valence-electron chi connectivity index (χ3n) is 3.55. The molecule has 0 radical (unpaired) electrons. The van der Waals surface area contributed by atoms with Gasteiger partial charge < -0.3 is 4.90 Å². The molecular weight excluding hydrogens is 266 g/mol. The van der Waals surface area contributed by atoms with Gasteiger partial charge in [0.1, 0.15) is 0 Å². The maximum absolute atomic E-state index is 12.0. The summed E-state index contributed by atoms with van der Waals surface area (Å²) in [5.41, 5.74) is 3.37. The van der Waals surface area contributed by atoms with E-state index >= 15 is 0 Å². The van der Waals surface area contributed by atoms with Crippen LogP contribution in [-0.2, 0) is 6.54 Å². The zero-order chi connectivity index (χ0) is 13.9. The first-order valence-electron chi connectivity index (χ1n) is 6.76. The number of hydrogen-bond donors (Lipinski definition) is 0. The average molecular weight is 283 g/mol. The van der Waals surface area contributed by atoms with Crippen LogP contribution in [0.15, 0.2) is 54.6 Å². The van der Waals surface area contributed by atoms with Gasteiger partial charge in [-0.3, -0.25) is 4.79 Å². The van der Waals surface area contributed by atoms with Crippen molar-refractivity contribution in [1.29, 1.82) is 0 Å². The number of fused-ring (bicyclic) bond motifs is 1. The van der Waals surface area contributed by atoms with Gasteiger partial charge in [-0.05, 0) is 18.2 Å². The molecule has 0 amide bonds. The van der Waals surface area contributed by atoms with Crippen molar-refractivity contribution < 1.29 is 4.79 Å². The Labute approximate surface area is 123 Å². The molecule has 0 fully saturated rings. The van der Waals surface area contributed by atoms with E-state index in [2.05, 4.69) is 42.3 Å². The molecule has 2 nitrogen and oxygen atoms in total. The lowest BCUT2D eigenvalue weighted by atomic mass is 10.1. The quantitative estimate of drug-likeness (QED) is 0.852. The molecule has 0 spiro atoms. The Morgan fingerprint density at radius 2 is 1.75 bits per heavy atom. The van der Waals surface area contributed by atoms with E-state index in [1.807, 2.05) is 24.3 Å². The van der Waals surface area contributed by atoms with Crippen molar-refractivity contribution in [3.8, 4) is 0 Å². The molecule has 0 aromatic heterocycles. The van der Waals surface area contributed by atoms with Gasteiger partial charge in [0.2, 0.25) is 5.12 Å². The Kier molecular flexibility index (Phi) is 3.90. The second kappa shape index (κ2) is 5.81. The molecule has 20 heavy (non-hydrogen) atoms. The Hall–Kier alpha value is -1.58. The summed E-state index contributed by atoms with van der Waals surface area (Å²) in [6.07, 6.45) is 0. The fourth-order valence-electron chi connectivity index (χ4n) is 2.60. The van der Waals surface area contributed by atoms with Gasteiger partial charge in [-0.1, -0.05) is 66.4 Å². The topological polar surface area (TPSA) is 20.3 Å². The minimum atomic E-state index is 0.207. The van der Waals surface area contributed by atoms with Crippen molar-refractivity contribution in [2.24, 2.45) is 0 Å². The highest BCUT2D eigenvalue weighted by Crippen LogP contribution is 2.41. The second-order valence-electron chi connectivity index (χ2n) is 5.16. The van der Waals surface area contributed by atoms with Crippen LogP contribution in [0.25, 0.3) is 0 Å². The van der Waals surface area contributed by atoms with E-state index in [1.165, 1.54) is 22.9 Å². The van der Waals surface area contributed by atoms with Gasteiger partial charge in [0.15, 0.2) is 0 Å². The van der Waals surface area contributed by atoms with Crippen molar-refractivity contribution >= 4 is 16.9 Å². The smallest absolute Gasteiger partial charge is 0.220 e. The summed E-state index contributed by atoms with van der Waals surface area (Å²) < 4.78 is 0. The van der Waals surface area contributed by atoms with E-state index in [0.717, 1.165) is 18.7 Å². The van der Waals surface area contributed by atoms with Crippen LogP contribution in [0.3, 0.4) is 0 Å². The van der Waals surface area contributed by atoms with Gasteiger partial charge in [-0.2, -0.15) is 0 Å². The van der Waals surface area contributed by atoms with Crippen LogP contribution in [0.5, 0.6) is 0 Å². The summed E-state index contributed by atoms with van der Waals surface area (Å²) in [4.78, 5) is 14.2. The van der Waals surface area contributed by atoms with Gasteiger partial charge in [-0.25, -0.2) is 0 Å². The number of carbonyl (C=O) groups excluding carboxylic acids is 1. The van der Waals surface area contributed by atoms with E-state index in [0.29, 0.717) is 0 Å². The molecule has 0 saturated carbocycles. The van der Waals surface area contributed by atoms with Gasteiger partial charge in [0, 0.05) is 18.7 Å². The van der Waals surface area contributed by atoms with E-state index in [4.69, 9.17) is 0 Å². The average Bonchev–Trinajstić information content (AvgIpc) is 2.77. The van der Waals surface area contributed by atoms with Crippen molar-refractivity contribution in [3.63, 3.8) is 0 Å². The number of thioether (sulfide) groups is 1. The van der Waals surface area contributed by atoms with Crippen molar-refractivity contribution in [2.45, 2.75) is 11.8 Å². The number of rotatable bonds is 4. The Balaban J connectivity index is 1.69.